The van der Waals surface area contributed by atoms with Crippen molar-refractivity contribution in [3.63, 3.8) is 0 Å². The van der Waals surface area contributed by atoms with Crippen LogP contribution in [0.25, 0.3) is 11.0 Å². The summed E-state index contributed by atoms with van der Waals surface area (Å²) >= 11 is 0. The molecule has 25 heavy (non-hydrogen) atoms. The normalized spacial score (nSPS) is 11.6. The number of hydrogen-bond donors (Lipinski definition) is 0. The molecular weight excluding hydrogens is 344 g/mol. The molecule has 2 aromatic carbocycles. The average Bonchev–Trinajstić information content (AvgIpc) is 2.95. The van der Waals surface area contributed by atoms with E-state index in [1.165, 1.54) is 18.2 Å². The number of nitro groups is 1. The Morgan fingerprint density at radius 3 is 2.52 bits per heavy atom. The second kappa shape index (κ2) is 6.21. The van der Waals surface area contributed by atoms with Crippen LogP contribution in [0.2, 0.25) is 0 Å². The molecule has 3 aromatic rings. The van der Waals surface area contributed by atoms with Gasteiger partial charge >= 0.3 is 0 Å². The standard InChI is InChI=1S/C17H16N2O5S/c1-18(11-14-9-12-5-3-4-6-16(12)24-14)13-7-8-15(19(20)21)17(10-13)25(2,22)23/h3-10H,11H2,1-2H3. The van der Waals surface area contributed by atoms with Crippen molar-refractivity contribution in [1.82, 2.24) is 0 Å². The minimum Gasteiger partial charge on any atom is -0.459 e. The van der Waals surface area contributed by atoms with Crippen LogP contribution in [0.4, 0.5) is 11.4 Å². The van der Waals surface area contributed by atoms with Crippen LogP contribution < -0.4 is 4.90 Å². The number of benzene rings is 2. The predicted molar refractivity (Wildman–Crippen MR) is 94.5 cm³/mol. The van der Waals surface area contributed by atoms with Crippen molar-refractivity contribution in [3.8, 4) is 0 Å². The van der Waals surface area contributed by atoms with Crippen LogP contribution >= 0.6 is 0 Å². The van der Waals surface area contributed by atoms with Crippen molar-refractivity contribution in [2.75, 3.05) is 18.2 Å². The molecule has 0 saturated heterocycles. The number of furan rings is 1. The van der Waals surface area contributed by atoms with Crippen molar-refractivity contribution in [3.05, 3.63) is 64.4 Å². The number of para-hydroxylation sites is 1. The number of nitrogens with zero attached hydrogens (tertiary/aromatic N) is 2. The van der Waals surface area contributed by atoms with E-state index in [0.717, 1.165) is 17.2 Å². The van der Waals surface area contributed by atoms with Crippen molar-refractivity contribution < 1.29 is 17.8 Å². The summed E-state index contributed by atoms with van der Waals surface area (Å²) in [5, 5.41) is 12.0. The second-order valence-corrected chi connectivity index (χ2v) is 7.77. The molecule has 3 rings (SSSR count). The van der Waals surface area contributed by atoms with Gasteiger partial charge in [0.05, 0.1) is 11.5 Å². The molecular formula is C17H16N2O5S. The highest BCUT2D eigenvalue weighted by molar-refractivity contribution is 7.90. The van der Waals surface area contributed by atoms with Gasteiger partial charge in [0.2, 0.25) is 0 Å². The summed E-state index contributed by atoms with van der Waals surface area (Å²) in [5.74, 6) is 0.711. The van der Waals surface area contributed by atoms with E-state index in [1.54, 1.807) is 11.9 Å². The van der Waals surface area contributed by atoms with Gasteiger partial charge in [0.1, 0.15) is 16.2 Å². The van der Waals surface area contributed by atoms with E-state index >= 15 is 0 Å². The number of sulfone groups is 1. The summed E-state index contributed by atoms with van der Waals surface area (Å²) in [5.41, 5.74) is 0.890. The topological polar surface area (TPSA) is 93.7 Å². The van der Waals surface area contributed by atoms with Crippen LogP contribution in [-0.4, -0.2) is 26.6 Å². The van der Waals surface area contributed by atoms with Gasteiger partial charge in [0.15, 0.2) is 9.84 Å². The fraction of sp³-hybridized carbons (Fsp3) is 0.176. The van der Waals surface area contributed by atoms with Gasteiger partial charge in [0.25, 0.3) is 5.69 Å². The Labute approximate surface area is 144 Å². The molecule has 7 nitrogen and oxygen atoms in total. The van der Waals surface area contributed by atoms with Gasteiger partial charge in [-0.2, -0.15) is 0 Å². The first-order valence-corrected chi connectivity index (χ1v) is 9.32. The van der Waals surface area contributed by atoms with E-state index in [-0.39, 0.29) is 4.90 Å². The van der Waals surface area contributed by atoms with Gasteiger partial charge in [-0.3, -0.25) is 10.1 Å². The average molecular weight is 360 g/mol. The first kappa shape index (κ1) is 17.0. The summed E-state index contributed by atoms with van der Waals surface area (Å²) in [6.45, 7) is 0.399. The van der Waals surface area contributed by atoms with Crippen LogP contribution in [0.15, 0.2) is 57.8 Å². The first-order chi connectivity index (χ1) is 11.8. The molecule has 0 atom stereocenters. The van der Waals surface area contributed by atoms with Crippen LogP contribution in [0, 0.1) is 10.1 Å². The Balaban J connectivity index is 1.94. The molecule has 8 heteroatoms. The highest BCUT2D eigenvalue weighted by atomic mass is 32.2. The van der Waals surface area contributed by atoms with Gasteiger partial charge in [-0.05, 0) is 24.3 Å². The molecule has 1 heterocycles. The highest BCUT2D eigenvalue weighted by Crippen LogP contribution is 2.29. The zero-order chi connectivity index (χ0) is 18.2. The van der Waals surface area contributed by atoms with Crippen molar-refractivity contribution in [1.29, 1.82) is 0 Å². The fourth-order valence-corrected chi connectivity index (χ4v) is 3.49. The van der Waals surface area contributed by atoms with Crippen molar-refractivity contribution >= 4 is 32.2 Å². The van der Waals surface area contributed by atoms with E-state index in [0.29, 0.717) is 18.0 Å². The summed E-state index contributed by atoms with van der Waals surface area (Å²) in [6.07, 6.45) is 0.957. The number of nitro benzene ring substituents is 1. The smallest absolute Gasteiger partial charge is 0.288 e. The Kier molecular flexibility index (Phi) is 4.22. The molecule has 0 N–H and O–H groups in total. The summed E-state index contributed by atoms with van der Waals surface area (Å²) < 4.78 is 29.5. The van der Waals surface area contributed by atoms with Crippen molar-refractivity contribution in [2.45, 2.75) is 11.4 Å². The maximum Gasteiger partial charge on any atom is 0.288 e. The van der Waals surface area contributed by atoms with E-state index in [2.05, 4.69) is 0 Å². The van der Waals surface area contributed by atoms with Crippen LogP contribution in [0.3, 0.4) is 0 Å². The second-order valence-electron chi connectivity index (χ2n) is 5.79. The first-order valence-electron chi connectivity index (χ1n) is 7.43. The third kappa shape index (κ3) is 3.48. The molecule has 0 amide bonds. The predicted octanol–water partition coefficient (Wildman–Crippen LogP) is 3.38. The summed E-state index contributed by atoms with van der Waals surface area (Å²) in [4.78, 5) is 11.8. The lowest BCUT2D eigenvalue weighted by molar-refractivity contribution is -0.387. The quantitative estimate of drug-likeness (QED) is 0.511. The third-order valence-corrected chi connectivity index (χ3v) is 4.98. The molecule has 0 saturated carbocycles. The van der Waals surface area contributed by atoms with Crippen molar-refractivity contribution in [2.24, 2.45) is 0 Å². The fourth-order valence-electron chi connectivity index (χ4n) is 2.63. The molecule has 0 radical (unpaired) electrons. The molecule has 0 aliphatic carbocycles. The number of anilines is 1. The lowest BCUT2D eigenvalue weighted by Crippen LogP contribution is -2.16. The monoisotopic (exact) mass is 360 g/mol. The maximum atomic E-state index is 11.9. The minimum absolute atomic E-state index is 0.300. The maximum absolute atomic E-state index is 11.9. The lowest BCUT2D eigenvalue weighted by atomic mass is 10.2. The Bertz CT molecular complexity index is 1020. The van der Waals surface area contributed by atoms with E-state index in [9.17, 15) is 18.5 Å². The SMILES string of the molecule is CN(Cc1cc2ccccc2o1)c1ccc([N+](=O)[O-])c(S(C)(=O)=O)c1. The molecule has 0 unspecified atom stereocenters. The molecule has 0 fully saturated rings. The van der Waals surface area contributed by atoms with E-state index in [4.69, 9.17) is 4.42 Å². The zero-order valence-electron chi connectivity index (χ0n) is 13.7. The van der Waals surface area contributed by atoms with Crippen LogP contribution in [0.1, 0.15) is 5.76 Å². The molecule has 0 aliphatic rings. The van der Waals surface area contributed by atoms with Gasteiger partial charge in [0, 0.05) is 30.4 Å². The van der Waals surface area contributed by atoms with Crippen LogP contribution in [0.5, 0.6) is 0 Å². The Hall–Kier alpha value is -2.87. The Morgan fingerprint density at radius 1 is 1.16 bits per heavy atom. The molecule has 130 valence electrons. The van der Waals surface area contributed by atoms with Gasteiger partial charge in [-0.1, -0.05) is 18.2 Å². The molecule has 0 spiro atoms. The third-order valence-electron chi connectivity index (χ3n) is 3.85. The highest BCUT2D eigenvalue weighted by Gasteiger charge is 2.23. The lowest BCUT2D eigenvalue weighted by Gasteiger charge is -2.18. The zero-order valence-corrected chi connectivity index (χ0v) is 14.5. The summed E-state index contributed by atoms with van der Waals surface area (Å²) in [7, 11) is -1.96. The van der Waals surface area contributed by atoms with Crippen LogP contribution in [-0.2, 0) is 16.4 Å². The minimum atomic E-state index is -3.72. The molecule has 1 aromatic heterocycles. The van der Waals surface area contributed by atoms with Gasteiger partial charge in [-0.25, -0.2) is 8.42 Å². The molecule has 0 bridgehead atoms. The number of hydrogen-bond acceptors (Lipinski definition) is 6. The van der Waals surface area contributed by atoms with E-state index in [1.807, 2.05) is 30.3 Å². The summed E-state index contributed by atoms with van der Waals surface area (Å²) in [6, 6.07) is 13.6. The van der Waals surface area contributed by atoms with E-state index < -0.39 is 20.4 Å². The number of rotatable bonds is 5. The molecule has 0 aliphatic heterocycles. The number of fused-ring (bicyclic) bond motifs is 1. The Morgan fingerprint density at radius 2 is 1.88 bits per heavy atom. The largest absolute Gasteiger partial charge is 0.459 e. The van der Waals surface area contributed by atoms with Gasteiger partial charge < -0.3 is 9.32 Å². The van der Waals surface area contributed by atoms with Gasteiger partial charge in [-0.15, -0.1) is 0 Å².